The molecule has 0 bridgehead atoms. The fraction of sp³-hybridized carbons (Fsp3) is 0.222. The van der Waals surface area contributed by atoms with Gasteiger partial charge in [-0.2, -0.15) is 0 Å². The van der Waals surface area contributed by atoms with Crippen LogP contribution < -0.4 is 4.74 Å². The van der Waals surface area contributed by atoms with E-state index < -0.39 is 0 Å². The third-order valence-corrected chi connectivity index (χ3v) is 2.20. The summed E-state index contributed by atoms with van der Waals surface area (Å²) in [4.78, 5) is 0. The van der Waals surface area contributed by atoms with E-state index in [1.54, 1.807) is 7.11 Å². The van der Waals surface area contributed by atoms with E-state index in [1.807, 2.05) is 30.5 Å². The van der Waals surface area contributed by atoms with Gasteiger partial charge in [-0.1, -0.05) is 0 Å². The van der Waals surface area contributed by atoms with Crippen LogP contribution in [-0.4, -0.2) is 18.4 Å². The van der Waals surface area contributed by atoms with Crippen LogP contribution in [0.1, 0.15) is 5.56 Å². The first-order valence-corrected chi connectivity index (χ1v) is 4.77. The molecule has 0 saturated heterocycles. The molecule has 1 aromatic carbocycles. The Labute approximate surface area is 99.6 Å². The largest absolute Gasteiger partial charge is 0.497 e. The molecule has 0 heterocycles. The Bertz CT molecular complexity index is 273. The highest BCUT2D eigenvalue weighted by Gasteiger charge is 1.98. The summed E-state index contributed by atoms with van der Waals surface area (Å²) < 4.78 is 5.01. The molecule has 0 unspecified atom stereocenters. The predicted molar refractivity (Wildman–Crippen MR) is 68.8 cm³/mol. The Hall–Kier alpha value is -0.230. The zero-order valence-corrected chi connectivity index (χ0v) is 10.7. The molecule has 0 atom stereocenters. The fourth-order valence-electron chi connectivity index (χ4n) is 0.860. The number of methoxy groups -OCH3 is 1. The molecule has 1 N–H and O–H groups in total. The average molecular weight is 309 g/mol. The van der Waals surface area contributed by atoms with E-state index in [9.17, 15) is 0 Å². The topological polar surface area (TPSA) is 33.1 Å². The zero-order chi connectivity index (χ0) is 8.97. The first-order valence-electron chi connectivity index (χ1n) is 3.55. The maximum atomic E-state index is 7.53. The van der Waals surface area contributed by atoms with Crippen LogP contribution in [0.15, 0.2) is 24.3 Å². The van der Waals surface area contributed by atoms with Crippen LogP contribution >= 0.6 is 35.7 Å². The first kappa shape index (κ1) is 12.8. The lowest BCUT2D eigenvalue weighted by Gasteiger charge is -2.01. The third-order valence-electron chi connectivity index (χ3n) is 1.56. The molecule has 0 amide bonds. The van der Waals surface area contributed by atoms with E-state index in [2.05, 4.69) is 0 Å². The molecule has 72 valence electrons. The van der Waals surface area contributed by atoms with Crippen molar-refractivity contribution >= 4 is 40.8 Å². The lowest BCUT2D eigenvalue weighted by Crippen LogP contribution is -1.91. The van der Waals surface area contributed by atoms with E-state index in [0.29, 0.717) is 5.04 Å². The van der Waals surface area contributed by atoms with Crippen LogP contribution in [0, 0.1) is 5.41 Å². The van der Waals surface area contributed by atoms with Gasteiger partial charge in [-0.15, -0.1) is 35.7 Å². The molecule has 0 saturated carbocycles. The minimum Gasteiger partial charge on any atom is -0.497 e. The van der Waals surface area contributed by atoms with Crippen molar-refractivity contribution in [3.8, 4) is 5.75 Å². The number of rotatable bonds is 2. The van der Waals surface area contributed by atoms with Crippen LogP contribution in [0.5, 0.6) is 5.75 Å². The van der Waals surface area contributed by atoms with E-state index in [0.717, 1.165) is 11.3 Å². The van der Waals surface area contributed by atoms with Gasteiger partial charge in [0.2, 0.25) is 0 Å². The van der Waals surface area contributed by atoms with Crippen LogP contribution in [0.3, 0.4) is 0 Å². The number of thioether (sulfide) groups is 1. The summed E-state index contributed by atoms with van der Waals surface area (Å²) in [5.41, 5.74) is 0.934. The Morgan fingerprint density at radius 2 is 1.85 bits per heavy atom. The van der Waals surface area contributed by atoms with Gasteiger partial charge in [0.25, 0.3) is 0 Å². The number of benzene rings is 1. The van der Waals surface area contributed by atoms with Crippen LogP contribution in [0.4, 0.5) is 0 Å². The molecule has 0 aliphatic heterocycles. The van der Waals surface area contributed by atoms with Crippen molar-refractivity contribution in [1.29, 1.82) is 5.41 Å². The molecular weight excluding hydrogens is 297 g/mol. The SMILES string of the molecule is COc1ccc(C(=N)SC)cc1.I. The van der Waals surface area contributed by atoms with Crippen LogP contribution in [0.2, 0.25) is 0 Å². The molecule has 13 heavy (non-hydrogen) atoms. The van der Waals surface area contributed by atoms with Crippen LogP contribution in [0.25, 0.3) is 0 Å². The zero-order valence-electron chi connectivity index (χ0n) is 7.53. The maximum Gasteiger partial charge on any atom is 0.118 e. The third kappa shape index (κ3) is 3.56. The van der Waals surface area contributed by atoms with Crippen molar-refractivity contribution < 1.29 is 4.74 Å². The summed E-state index contributed by atoms with van der Waals surface area (Å²) in [6, 6.07) is 7.50. The number of hydrogen-bond acceptors (Lipinski definition) is 3. The number of hydrogen-bond donors (Lipinski definition) is 1. The van der Waals surface area contributed by atoms with Gasteiger partial charge in [-0.05, 0) is 30.5 Å². The van der Waals surface area contributed by atoms with Gasteiger partial charge in [0, 0.05) is 5.56 Å². The standard InChI is InChI=1S/C9H11NOS.HI/c1-11-8-5-3-7(4-6-8)9(10)12-2;/h3-6,10H,1-2H3;1H. The average Bonchev–Trinajstić information content (AvgIpc) is 2.17. The number of nitrogens with one attached hydrogen (secondary N) is 1. The maximum absolute atomic E-state index is 7.53. The smallest absolute Gasteiger partial charge is 0.118 e. The Morgan fingerprint density at radius 3 is 2.23 bits per heavy atom. The van der Waals surface area contributed by atoms with Gasteiger partial charge in [-0.25, -0.2) is 0 Å². The summed E-state index contributed by atoms with van der Waals surface area (Å²) >= 11 is 1.43. The Balaban J connectivity index is 0.00000144. The second kappa shape index (κ2) is 6.26. The molecule has 4 heteroatoms. The van der Waals surface area contributed by atoms with Crippen molar-refractivity contribution in [3.63, 3.8) is 0 Å². The first-order chi connectivity index (χ1) is 5.77. The molecule has 0 aliphatic carbocycles. The highest BCUT2D eigenvalue weighted by Crippen LogP contribution is 2.14. The van der Waals surface area contributed by atoms with Crippen molar-refractivity contribution in [3.05, 3.63) is 29.8 Å². The van der Waals surface area contributed by atoms with Gasteiger partial charge >= 0.3 is 0 Å². The fourth-order valence-corrected chi connectivity index (χ4v) is 1.23. The second-order valence-electron chi connectivity index (χ2n) is 2.26. The number of ether oxygens (including phenoxy) is 1. The van der Waals surface area contributed by atoms with E-state index in [-0.39, 0.29) is 24.0 Å². The van der Waals surface area contributed by atoms with Gasteiger partial charge in [0.15, 0.2) is 0 Å². The summed E-state index contributed by atoms with van der Waals surface area (Å²) in [5.74, 6) is 0.827. The lowest BCUT2D eigenvalue weighted by atomic mass is 10.2. The Morgan fingerprint density at radius 1 is 1.31 bits per heavy atom. The summed E-state index contributed by atoms with van der Waals surface area (Å²) in [7, 11) is 1.63. The summed E-state index contributed by atoms with van der Waals surface area (Å²) in [5, 5.41) is 8.11. The molecule has 0 aliphatic rings. The monoisotopic (exact) mass is 309 g/mol. The molecule has 0 spiro atoms. The molecule has 2 nitrogen and oxygen atoms in total. The predicted octanol–water partition coefficient (Wildman–Crippen LogP) is 3.00. The molecule has 0 aromatic heterocycles. The lowest BCUT2D eigenvalue weighted by molar-refractivity contribution is 0.415. The van der Waals surface area contributed by atoms with Gasteiger partial charge < -0.3 is 4.74 Å². The summed E-state index contributed by atoms with van der Waals surface area (Å²) in [6.45, 7) is 0. The second-order valence-corrected chi connectivity index (χ2v) is 3.08. The minimum atomic E-state index is 0. The molecule has 0 fully saturated rings. The highest BCUT2D eigenvalue weighted by molar-refractivity contribution is 14.0. The van der Waals surface area contributed by atoms with E-state index in [4.69, 9.17) is 10.1 Å². The van der Waals surface area contributed by atoms with Crippen molar-refractivity contribution in [2.75, 3.05) is 13.4 Å². The molecule has 1 rings (SSSR count). The molecule has 0 radical (unpaired) electrons. The van der Waals surface area contributed by atoms with Crippen molar-refractivity contribution in [1.82, 2.24) is 0 Å². The highest BCUT2D eigenvalue weighted by atomic mass is 127. The minimum absolute atomic E-state index is 0. The summed E-state index contributed by atoms with van der Waals surface area (Å²) in [6.07, 6.45) is 1.90. The molecular formula is C9H12INOS. The van der Waals surface area contributed by atoms with E-state index in [1.165, 1.54) is 11.8 Å². The van der Waals surface area contributed by atoms with Crippen molar-refractivity contribution in [2.45, 2.75) is 0 Å². The Kier molecular flexibility index (Phi) is 6.15. The number of halogens is 1. The normalized spacial score (nSPS) is 8.77. The van der Waals surface area contributed by atoms with Gasteiger partial charge in [-0.3, -0.25) is 5.41 Å². The quantitative estimate of drug-likeness (QED) is 0.517. The van der Waals surface area contributed by atoms with Gasteiger partial charge in [0.05, 0.1) is 12.2 Å². The van der Waals surface area contributed by atoms with Crippen molar-refractivity contribution in [2.24, 2.45) is 0 Å². The van der Waals surface area contributed by atoms with Gasteiger partial charge in [0.1, 0.15) is 5.75 Å². The van der Waals surface area contributed by atoms with E-state index >= 15 is 0 Å². The van der Waals surface area contributed by atoms with Crippen LogP contribution in [-0.2, 0) is 0 Å². The molecule has 1 aromatic rings.